The minimum atomic E-state index is -1.08. The van der Waals surface area contributed by atoms with E-state index in [1.54, 1.807) is 48.6 Å². The number of ketones is 1. The maximum atomic E-state index is 13.6. The minimum absolute atomic E-state index is 0.0460. The van der Waals surface area contributed by atoms with Crippen molar-refractivity contribution in [2.75, 3.05) is 25.0 Å². The lowest BCUT2D eigenvalue weighted by atomic mass is 9.88. The number of anilines is 1. The van der Waals surface area contributed by atoms with Crippen molar-refractivity contribution in [3.8, 4) is 0 Å². The molecule has 2 heterocycles. The van der Waals surface area contributed by atoms with Gasteiger partial charge in [0.05, 0.1) is 23.4 Å². The molecule has 1 aromatic carbocycles. The van der Waals surface area contributed by atoms with Crippen LogP contribution in [0.25, 0.3) is 0 Å². The normalized spacial score (nSPS) is 15.1. The number of nitrogens with zero attached hydrogens (tertiary/aromatic N) is 2. The maximum absolute atomic E-state index is 13.6. The first-order valence-electron chi connectivity index (χ1n) is 12.8. The van der Waals surface area contributed by atoms with E-state index in [-0.39, 0.29) is 37.2 Å². The number of benzene rings is 1. The number of Topliss-reactive ketones (excluding diaryl/α,β-unsaturated/α-hetero) is 1. The molecule has 0 aliphatic carbocycles. The van der Waals surface area contributed by atoms with Crippen LogP contribution in [-0.2, 0) is 16.6 Å². The molecule has 0 radical (unpaired) electrons. The highest BCUT2D eigenvalue weighted by Crippen LogP contribution is 2.26. The van der Waals surface area contributed by atoms with Crippen molar-refractivity contribution < 1.29 is 33.4 Å². The molecule has 212 valence electrons. The molecule has 1 aromatic heterocycles. The average molecular weight is 545 g/mol. The predicted octanol–water partition coefficient (Wildman–Crippen LogP) is 3.40. The number of aliphatic hydroxyl groups excluding tert-OH is 1. The molecule has 3 amide bonds. The second-order valence-corrected chi connectivity index (χ2v) is 11.1. The molecule has 0 unspecified atom stereocenters. The van der Waals surface area contributed by atoms with Crippen LogP contribution < -0.4 is 10.6 Å². The predicted molar refractivity (Wildman–Crippen MR) is 143 cm³/mol. The number of hydrogen-bond donors (Lipinski definition) is 3. The van der Waals surface area contributed by atoms with Gasteiger partial charge >= 0.3 is 6.09 Å². The summed E-state index contributed by atoms with van der Waals surface area (Å²) in [5, 5.41) is 15.5. The van der Waals surface area contributed by atoms with Gasteiger partial charge in [0.15, 0.2) is 0 Å². The summed E-state index contributed by atoms with van der Waals surface area (Å²) in [7, 11) is 1.59. The Morgan fingerprint density at radius 2 is 1.72 bits per heavy atom. The van der Waals surface area contributed by atoms with Crippen LogP contribution in [-0.4, -0.2) is 69.1 Å². The zero-order valence-corrected chi connectivity index (χ0v) is 23.5. The van der Waals surface area contributed by atoms with E-state index in [9.17, 15) is 28.7 Å². The number of nitrogens with one attached hydrogen (secondary N) is 2. The first-order chi connectivity index (χ1) is 18.1. The maximum Gasteiger partial charge on any atom is 0.410 e. The molecule has 0 atom stereocenters. The van der Waals surface area contributed by atoms with Crippen LogP contribution >= 0.6 is 0 Å². The van der Waals surface area contributed by atoms with Crippen LogP contribution in [0.2, 0.25) is 0 Å². The van der Waals surface area contributed by atoms with Crippen LogP contribution in [0.4, 0.5) is 14.9 Å². The Kier molecular flexibility index (Phi) is 8.54. The second-order valence-electron chi connectivity index (χ2n) is 11.1. The second kappa shape index (κ2) is 11.2. The van der Waals surface area contributed by atoms with Crippen LogP contribution in [0.3, 0.4) is 0 Å². The zero-order chi connectivity index (χ0) is 29.3. The van der Waals surface area contributed by atoms with Gasteiger partial charge in [-0.15, -0.1) is 0 Å². The number of aliphatic hydroxyl groups is 1. The monoisotopic (exact) mass is 544 g/mol. The summed E-state index contributed by atoms with van der Waals surface area (Å²) in [6, 6.07) is 4.20. The van der Waals surface area contributed by atoms with Gasteiger partial charge in [-0.2, -0.15) is 0 Å². The third kappa shape index (κ3) is 6.47. The van der Waals surface area contributed by atoms with E-state index in [1.165, 1.54) is 27.7 Å². The van der Waals surface area contributed by atoms with Gasteiger partial charge in [-0.25, -0.2) is 9.18 Å². The van der Waals surface area contributed by atoms with Gasteiger partial charge in [0.1, 0.15) is 11.4 Å². The number of rotatable bonds is 6. The molecule has 1 aliphatic rings. The van der Waals surface area contributed by atoms with E-state index in [4.69, 9.17) is 4.74 Å². The number of halogens is 1. The Morgan fingerprint density at radius 3 is 2.26 bits per heavy atom. The Morgan fingerprint density at radius 1 is 1.10 bits per heavy atom. The molecule has 3 N–H and O–H groups in total. The van der Waals surface area contributed by atoms with Gasteiger partial charge in [-0.05, 0) is 83.7 Å². The van der Waals surface area contributed by atoms with Crippen molar-refractivity contribution in [3.05, 3.63) is 52.1 Å². The highest BCUT2D eigenvalue weighted by atomic mass is 19.1. The van der Waals surface area contributed by atoms with Crippen LogP contribution in [0.1, 0.15) is 71.3 Å². The number of carbonyl (C=O) groups excluding carboxylic acids is 4. The molecule has 39 heavy (non-hydrogen) atoms. The first kappa shape index (κ1) is 29.8. The number of piperidine rings is 1. The van der Waals surface area contributed by atoms with E-state index in [2.05, 4.69) is 10.6 Å². The lowest BCUT2D eigenvalue weighted by Gasteiger charge is -2.41. The van der Waals surface area contributed by atoms with Gasteiger partial charge in [-0.3, -0.25) is 14.4 Å². The largest absolute Gasteiger partial charge is 0.444 e. The molecule has 0 bridgehead atoms. The summed E-state index contributed by atoms with van der Waals surface area (Å²) >= 11 is 0. The average Bonchev–Trinajstić information content (AvgIpc) is 3.07. The van der Waals surface area contributed by atoms with Crippen molar-refractivity contribution in [1.82, 2.24) is 14.8 Å². The van der Waals surface area contributed by atoms with E-state index in [0.29, 0.717) is 22.5 Å². The molecule has 1 aliphatic heterocycles. The summed E-state index contributed by atoms with van der Waals surface area (Å²) in [6.45, 7) is 10.2. The van der Waals surface area contributed by atoms with Crippen LogP contribution in [0.15, 0.2) is 18.2 Å². The van der Waals surface area contributed by atoms with Crippen LogP contribution in [0.5, 0.6) is 0 Å². The molecular formula is C28H37FN4O6. The zero-order valence-electron chi connectivity index (χ0n) is 23.5. The van der Waals surface area contributed by atoms with Gasteiger partial charge in [0.25, 0.3) is 17.6 Å². The summed E-state index contributed by atoms with van der Waals surface area (Å²) in [4.78, 5) is 53.4. The van der Waals surface area contributed by atoms with Crippen molar-refractivity contribution in [2.45, 2.75) is 65.5 Å². The summed E-state index contributed by atoms with van der Waals surface area (Å²) in [5.41, 5.74) is 0.114. The topological polar surface area (TPSA) is 130 Å². The molecule has 11 heteroatoms. The molecule has 0 spiro atoms. The Bertz CT molecular complexity index is 1300. The minimum Gasteiger partial charge on any atom is -0.444 e. The third-order valence-electron chi connectivity index (χ3n) is 7.05. The number of carbonyl (C=O) groups is 4. The summed E-state index contributed by atoms with van der Waals surface area (Å²) in [6.07, 6.45) is -0.0112. The Balaban J connectivity index is 1.75. The molecule has 0 saturated carbocycles. The number of amides is 3. The molecule has 2 aromatic rings. The number of likely N-dealkylation sites (tertiary alicyclic amines) is 1. The highest BCUT2D eigenvalue weighted by molar-refractivity contribution is 6.43. The Hall–Kier alpha value is -3.73. The lowest BCUT2D eigenvalue weighted by molar-refractivity contribution is -0.120. The van der Waals surface area contributed by atoms with Gasteiger partial charge < -0.3 is 29.9 Å². The van der Waals surface area contributed by atoms with Crippen molar-refractivity contribution in [2.24, 2.45) is 7.05 Å². The standard InChI is InChI=1S/C28H37FN4O6/c1-16-14-19(8-9-20(16)29)30-24(36)21-17(2)22(32(7)18(21)3)23(35)25(37)31-28(15-34)10-12-33(13-11-28)26(38)39-27(4,5)6/h8-9,14,34H,10-13,15H2,1-7H3,(H,30,36)(H,31,37). The van der Waals surface area contributed by atoms with Crippen LogP contribution in [0, 0.1) is 26.6 Å². The van der Waals surface area contributed by atoms with Crippen molar-refractivity contribution >= 4 is 29.4 Å². The summed E-state index contributed by atoms with van der Waals surface area (Å²) < 4.78 is 20.5. The molecule has 3 rings (SSSR count). The molecule has 10 nitrogen and oxygen atoms in total. The number of hydrogen-bond acceptors (Lipinski definition) is 6. The van der Waals surface area contributed by atoms with E-state index in [0.717, 1.165) is 0 Å². The van der Waals surface area contributed by atoms with Gasteiger partial charge in [0, 0.05) is 31.5 Å². The van der Waals surface area contributed by atoms with E-state index in [1.807, 2.05) is 0 Å². The molecular weight excluding hydrogens is 507 g/mol. The lowest BCUT2D eigenvalue weighted by Crippen LogP contribution is -2.59. The highest BCUT2D eigenvalue weighted by Gasteiger charge is 2.40. The quantitative estimate of drug-likeness (QED) is 0.378. The fourth-order valence-corrected chi connectivity index (χ4v) is 4.72. The van der Waals surface area contributed by atoms with Gasteiger partial charge in [0.2, 0.25) is 0 Å². The Labute approximate surface area is 227 Å². The number of aromatic nitrogens is 1. The van der Waals surface area contributed by atoms with Crippen molar-refractivity contribution in [1.29, 1.82) is 0 Å². The first-order valence-corrected chi connectivity index (χ1v) is 12.8. The fraction of sp³-hybridized carbons (Fsp3) is 0.500. The fourth-order valence-electron chi connectivity index (χ4n) is 4.72. The third-order valence-corrected chi connectivity index (χ3v) is 7.05. The van der Waals surface area contributed by atoms with E-state index >= 15 is 0 Å². The SMILES string of the molecule is Cc1cc(NC(=O)c2c(C)c(C(=O)C(=O)NC3(CO)CCN(C(=O)OC(C)(C)C)CC3)n(C)c2C)ccc1F. The number of ether oxygens (including phenoxy) is 1. The number of aryl methyl sites for hydroxylation is 1. The molecule has 1 saturated heterocycles. The van der Waals surface area contributed by atoms with Crippen molar-refractivity contribution in [3.63, 3.8) is 0 Å². The summed E-state index contributed by atoms with van der Waals surface area (Å²) in [5.74, 6) is -2.65. The van der Waals surface area contributed by atoms with Gasteiger partial charge in [-0.1, -0.05) is 0 Å². The van der Waals surface area contributed by atoms with E-state index < -0.39 is 47.3 Å². The smallest absolute Gasteiger partial charge is 0.410 e. The molecule has 1 fully saturated rings.